The van der Waals surface area contributed by atoms with Crippen molar-refractivity contribution in [3.63, 3.8) is 0 Å². The van der Waals surface area contributed by atoms with Gasteiger partial charge >= 0.3 is 24.8 Å². The molecule has 0 atom stereocenters. The van der Waals surface area contributed by atoms with E-state index in [1.807, 2.05) is 0 Å². The fourth-order valence-electron chi connectivity index (χ4n) is 0.194. The molecule has 50 valence electrons. The SMILES string of the molecule is C=CCOC(=O)C(=O)[O-].[Li+]. The third-order valence-corrected chi connectivity index (χ3v) is 0.499. The molecule has 0 bridgehead atoms. The van der Waals surface area contributed by atoms with Gasteiger partial charge in [-0.3, -0.25) is 0 Å². The second kappa shape index (κ2) is 6.40. The van der Waals surface area contributed by atoms with E-state index in [0.29, 0.717) is 0 Å². The Balaban J connectivity index is 0. The molecule has 0 radical (unpaired) electrons. The minimum Gasteiger partial charge on any atom is -0.539 e. The Labute approximate surface area is 70.0 Å². The summed E-state index contributed by atoms with van der Waals surface area (Å²) in [4.78, 5) is 19.6. The quantitative estimate of drug-likeness (QED) is 0.166. The molecule has 0 saturated carbocycles. The molecule has 0 amide bonds. The molecule has 0 unspecified atom stereocenters. The van der Waals surface area contributed by atoms with Crippen molar-refractivity contribution in [1.82, 2.24) is 0 Å². The van der Waals surface area contributed by atoms with Crippen molar-refractivity contribution >= 4 is 11.9 Å². The summed E-state index contributed by atoms with van der Waals surface area (Å²) in [6, 6.07) is 0. The van der Waals surface area contributed by atoms with E-state index in [1.54, 1.807) is 0 Å². The Morgan fingerprint density at radius 2 is 2.10 bits per heavy atom. The number of hydrogen-bond acceptors (Lipinski definition) is 4. The van der Waals surface area contributed by atoms with Crippen LogP contribution >= 0.6 is 0 Å². The van der Waals surface area contributed by atoms with E-state index in [4.69, 9.17) is 0 Å². The normalized spacial score (nSPS) is 7.20. The summed E-state index contributed by atoms with van der Waals surface area (Å²) in [7, 11) is 0. The number of rotatable bonds is 2. The summed E-state index contributed by atoms with van der Waals surface area (Å²) in [6.45, 7) is 3.10. The first-order valence-corrected chi connectivity index (χ1v) is 2.17. The number of aliphatic carboxylic acids is 1. The summed E-state index contributed by atoms with van der Waals surface area (Å²) in [5.74, 6) is -3.20. The predicted octanol–water partition coefficient (Wildman–Crippen LogP) is -4.53. The molecule has 4 nitrogen and oxygen atoms in total. The average molecular weight is 136 g/mol. The van der Waals surface area contributed by atoms with Gasteiger partial charge in [-0.05, 0) is 0 Å². The van der Waals surface area contributed by atoms with Gasteiger partial charge < -0.3 is 14.6 Å². The van der Waals surface area contributed by atoms with Crippen molar-refractivity contribution < 1.29 is 38.3 Å². The Kier molecular flexibility index (Phi) is 7.68. The van der Waals surface area contributed by atoms with Gasteiger partial charge in [0.2, 0.25) is 0 Å². The number of carbonyl (C=O) groups is 2. The van der Waals surface area contributed by atoms with Crippen LogP contribution in [-0.4, -0.2) is 18.5 Å². The van der Waals surface area contributed by atoms with Crippen LogP contribution in [0.5, 0.6) is 0 Å². The van der Waals surface area contributed by atoms with Crippen molar-refractivity contribution in [2.45, 2.75) is 0 Å². The smallest absolute Gasteiger partial charge is 0.539 e. The molecule has 5 heteroatoms. The average Bonchev–Trinajstić information content (AvgIpc) is 1.82. The molecule has 0 aromatic heterocycles. The molecule has 10 heavy (non-hydrogen) atoms. The van der Waals surface area contributed by atoms with Gasteiger partial charge in [-0.2, -0.15) is 0 Å². The molecule has 0 fully saturated rings. The van der Waals surface area contributed by atoms with Crippen LogP contribution < -0.4 is 24.0 Å². The van der Waals surface area contributed by atoms with Crippen LogP contribution in [0.25, 0.3) is 0 Å². The number of hydrogen-bond donors (Lipinski definition) is 0. The zero-order chi connectivity index (χ0) is 7.28. The first-order valence-electron chi connectivity index (χ1n) is 2.17. The first-order chi connectivity index (χ1) is 4.18. The zero-order valence-corrected chi connectivity index (χ0v) is 5.62. The van der Waals surface area contributed by atoms with Crippen molar-refractivity contribution in [2.24, 2.45) is 0 Å². The van der Waals surface area contributed by atoms with Crippen molar-refractivity contribution in [3.05, 3.63) is 12.7 Å². The molecule has 0 aliphatic rings. The summed E-state index contributed by atoms with van der Waals surface area (Å²) >= 11 is 0. The first kappa shape index (κ1) is 12.0. The predicted molar refractivity (Wildman–Crippen MR) is 26.2 cm³/mol. The largest absolute Gasteiger partial charge is 1.00 e. The number of carboxylic acids is 1. The van der Waals surface area contributed by atoms with Crippen LogP contribution in [0.3, 0.4) is 0 Å². The van der Waals surface area contributed by atoms with Gasteiger partial charge in [0.25, 0.3) is 0 Å². The van der Waals surface area contributed by atoms with Crippen molar-refractivity contribution in [3.8, 4) is 0 Å². The van der Waals surface area contributed by atoms with Crippen molar-refractivity contribution in [2.75, 3.05) is 6.61 Å². The van der Waals surface area contributed by atoms with E-state index in [-0.39, 0.29) is 25.5 Å². The standard InChI is InChI=1S/C5H6O4.Li/c1-2-3-9-5(8)4(6)7;/h2H,1,3H2,(H,6,7);/q;+1/p-1. The summed E-state index contributed by atoms with van der Waals surface area (Å²) < 4.78 is 4.03. The fourth-order valence-corrected chi connectivity index (χ4v) is 0.194. The van der Waals surface area contributed by atoms with Gasteiger partial charge in [0.05, 0.1) is 0 Å². The van der Waals surface area contributed by atoms with Gasteiger partial charge in [-0.1, -0.05) is 12.7 Å². The number of ether oxygens (including phenoxy) is 1. The summed E-state index contributed by atoms with van der Waals surface area (Å²) in [5, 5.41) is 9.59. The molecule has 0 aliphatic carbocycles. The maximum atomic E-state index is 9.97. The Hall–Kier alpha value is -0.723. The van der Waals surface area contributed by atoms with Crippen LogP contribution in [0.4, 0.5) is 0 Å². The summed E-state index contributed by atoms with van der Waals surface area (Å²) in [5.41, 5.74) is 0. The monoisotopic (exact) mass is 136 g/mol. The Bertz CT molecular complexity index is 143. The molecule has 0 spiro atoms. The molecule has 0 saturated heterocycles. The van der Waals surface area contributed by atoms with Gasteiger partial charge in [0, 0.05) is 0 Å². The van der Waals surface area contributed by atoms with Crippen LogP contribution in [0, 0.1) is 0 Å². The Morgan fingerprint density at radius 1 is 1.60 bits per heavy atom. The minimum atomic E-state index is -1.84. The van der Waals surface area contributed by atoms with Crippen LogP contribution in [0.2, 0.25) is 0 Å². The van der Waals surface area contributed by atoms with E-state index in [0.717, 1.165) is 0 Å². The van der Waals surface area contributed by atoms with Gasteiger partial charge in [0.15, 0.2) is 5.97 Å². The van der Waals surface area contributed by atoms with Crippen molar-refractivity contribution in [1.29, 1.82) is 0 Å². The molecule has 0 N–H and O–H groups in total. The molecular formula is C5H5LiO4. The maximum absolute atomic E-state index is 9.97. The maximum Gasteiger partial charge on any atom is 1.00 e. The molecular weight excluding hydrogens is 131 g/mol. The fraction of sp³-hybridized carbons (Fsp3) is 0.200. The van der Waals surface area contributed by atoms with Crippen LogP contribution in [0.15, 0.2) is 12.7 Å². The zero-order valence-electron chi connectivity index (χ0n) is 5.62. The third kappa shape index (κ3) is 5.41. The molecule has 0 rings (SSSR count). The van der Waals surface area contributed by atoms with E-state index in [2.05, 4.69) is 11.3 Å². The van der Waals surface area contributed by atoms with E-state index < -0.39 is 11.9 Å². The van der Waals surface area contributed by atoms with E-state index in [1.165, 1.54) is 6.08 Å². The van der Waals surface area contributed by atoms with Gasteiger partial charge in [-0.25, -0.2) is 4.79 Å². The number of esters is 1. The second-order valence-electron chi connectivity index (χ2n) is 1.17. The number of carbonyl (C=O) groups excluding carboxylic acids is 2. The molecule has 0 heterocycles. The summed E-state index contributed by atoms with van der Waals surface area (Å²) in [6.07, 6.45) is 1.26. The topological polar surface area (TPSA) is 66.4 Å². The molecule has 0 aromatic rings. The van der Waals surface area contributed by atoms with Gasteiger partial charge in [-0.15, -0.1) is 0 Å². The van der Waals surface area contributed by atoms with Crippen LogP contribution in [0.1, 0.15) is 0 Å². The number of carboxylic acid groups (broad SMARTS) is 1. The van der Waals surface area contributed by atoms with E-state index >= 15 is 0 Å². The third-order valence-electron chi connectivity index (χ3n) is 0.499. The van der Waals surface area contributed by atoms with Gasteiger partial charge in [0.1, 0.15) is 6.61 Å². The molecule has 0 aromatic carbocycles. The van der Waals surface area contributed by atoms with Crippen LogP contribution in [-0.2, 0) is 14.3 Å². The Morgan fingerprint density at radius 3 is 2.40 bits per heavy atom. The second-order valence-corrected chi connectivity index (χ2v) is 1.17. The molecule has 0 aliphatic heterocycles. The minimum absolute atomic E-state index is 0. The van der Waals surface area contributed by atoms with E-state index in [9.17, 15) is 14.7 Å².